The molecule has 0 atom stereocenters. The van der Waals surface area contributed by atoms with Crippen molar-refractivity contribution in [2.75, 3.05) is 0 Å². The van der Waals surface area contributed by atoms with Crippen molar-refractivity contribution in [2.24, 2.45) is 0 Å². The van der Waals surface area contributed by atoms with Crippen molar-refractivity contribution in [2.45, 2.75) is 12.8 Å². The predicted octanol–water partition coefficient (Wildman–Crippen LogP) is 1.32. The van der Waals surface area contributed by atoms with Gasteiger partial charge in [-0.2, -0.15) is 0 Å². The van der Waals surface area contributed by atoms with Gasteiger partial charge in [-0.3, -0.25) is 4.79 Å². The average Bonchev–Trinajstić information content (AvgIpc) is 2.03. The van der Waals surface area contributed by atoms with Gasteiger partial charge in [0.2, 0.25) is 0 Å². The minimum atomic E-state index is -0.742. The minimum Gasteiger partial charge on any atom is -0.481 e. The van der Waals surface area contributed by atoms with Gasteiger partial charge < -0.3 is 5.11 Å². The highest BCUT2D eigenvalue weighted by molar-refractivity contribution is 5.75. The van der Waals surface area contributed by atoms with E-state index in [1.165, 1.54) is 0 Å². The second kappa shape index (κ2) is 5.41. The third-order valence-corrected chi connectivity index (χ3v) is 1.47. The standard InChI is InChI=1S/C9H10O2.B/c10-9(11)7-6-8-4-2-1-3-5-8;/h1-5H,6-7H2,(H,10,11);. The molecule has 0 aliphatic heterocycles. The molecule has 0 aliphatic rings. The number of carbonyl (C=O) groups is 1. The van der Waals surface area contributed by atoms with Crippen LogP contribution in [0.15, 0.2) is 30.3 Å². The normalized spacial score (nSPS) is 8.67. The molecule has 61 valence electrons. The third-order valence-electron chi connectivity index (χ3n) is 1.47. The Balaban J connectivity index is 0.00000121. The fourth-order valence-electron chi connectivity index (χ4n) is 0.896. The number of benzene rings is 1. The molecule has 1 rings (SSSR count). The summed E-state index contributed by atoms with van der Waals surface area (Å²) in [5, 5.41) is 8.37. The predicted molar refractivity (Wildman–Crippen MR) is 48.2 cm³/mol. The molecule has 0 heterocycles. The lowest BCUT2D eigenvalue weighted by atomic mass is 10.1. The highest BCUT2D eigenvalue weighted by Gasteiger charge is 1.96. The van der Waals surface area contributed by atoms with E-state index in [-0.39, 0.29) is 14.8 Å². The molecule has 0 saturated heterocycles. The zero-order chi connectivity index (χ0) is 8.10. The summed E-state index contributed by atoms with van der Waals surface area (Å²) in [5.74, 6) is -0.742. The van der Waals surface area contributed by atoms with Crippen molar-refractivity contribution >= 4 is 14.4 Å². The van der Waals surface area contributed by atoms with Crippen LogP contribution in [0.2, 0.25) is 0 Å². The Morgan fingerprint density at radius 1 is 1.25 bits per heavy atom. The number of hydrogen-bond acceptors (Lipinski definition) is 1. The number of carboxylic acid groups (broad SMARTS) is 1. The summed E-state index contributed by atoms with van der Waals surface area (Å²) < 4.78 is 0. The maximum Gasteiger partial charge on any atom is 0.303 e. The summed E-state index contributed by atoms with van der Waals surface area (Å²) in [6, 6.07) is 9.62. The molecule has 0 unspecified atom stereocenters. The van der Waals surface area contributed by atoms with Gasteiger partial charge in [0, 0.05) is 14.8 Å². The second-order valence-electron chi connectivity index (χ2n) is 2.38. The van der Waals surface area contributed by atoms with Crippen LogP contribution in [0.25, 0.3) is 0 Å². The van der Waals surface area contributed by atoms with Gasteiger partial charge in [0.1, 0.15) is 0 Å². The molecule has 0 aliphatic carbocycles. The lowest BCUT2D eigenvalue weighted by molar-refractivity contribution is -0.136. The second-order valence-corrected chi connectivity index (χ2v) is 2.38. The fraction of sp³-hybridized carbons (Fsp3) is 0.222. The molecule has 0 spiro atoms. The topological polar surface area (TPSA) is 37.3 Å². The molecule has 2 nitrogen and oxygen atoms in total. The van der Waals surface area contributed by atoms with Crippen molar-refractivity contribution in [1.82, 2.24) is 0 Å². The van der Waals surface area contributed by atoms with Crippen molar-refractivity contribution in [1.29, 1.82) is 0 Å². The Bertz CT molecular complexity index is 234. The van der Waals surface area contributed by atoms with Crippen molar-refractivity contribution in [3.63, 3.8) is 0 Å². The molecule has 0 bridgehead atoms. The quantitative estimate of drug-likeness (QED) is 0.678. The highest BCUT2D eigenvalue weighted by Crippen LogP contribution is 2.01. The molecule has 0 aromatic heterocycles. The minimum absolute atomic E-state index is 0. The van der Waals surface area contributed by atoms with Crippen LogP contribution in [0.4, 0.5) is 0 Å². The summed E-state index contributed by atoms with van der Waals surface area (Å²) in [6.07, 6.45) is 0.834. The van der Waals surface area contributed by atoms with Gasteiger partial charge in [0.05, 0.1) is 0 Å². The van der Waals surface area contributed by atoms with Crippen LogP contribution >= 0.6 is 0 Å². The van der Waals surface area contributed by atoms with E-state index in [4.69, 9.17) is 5.11 Å². The van der Waals surface area contributed by atoms with Crippen molar-refractivity contribution in [3.05, 3.63) is 35.9 Å². The number of rotatable bonds is 3. The molecule has 1 aromatic rings. The van der Waals surface area contributed by atoms with E-state index in [9.17, 15) is 4.79 Å². The highest BCUT2D eigenvalue weighted by atomic mass is 16.4. The third kappa shape index (κ3) is 3.81. The maximum atomic E-state index is 10.2. The molecule has 3 radical (unpaired) electrons. The van der Waals surface area contributed by atoms with Gasteiger partial charge in [-0.15, -0.1) is 0 Å². The number of carboxylic acids is 1. The fourth-order valence-corrected chi connectivity index (χ4v) is 0.896. The smallest absolute Gasteiger partial charge is 0.303 e. The molecule has 1 N–H and O–H groups in total. The van der Waals surface area contributed by atoms with Crippen LogP contribution in [0, 0.1) is 0 Å². The first kappa shape index (κ1) is 10.8. The van der Waals surface area contributed by atoms with E-state index in [2.05, 4.69) is 0 Å². The molecular formula is C9H10BO2. The summed E-state index contributed by atoms with van der Waals surface area (Å²) in [7, 11) is 0. The lowest BCUT2D eigenvalue weighted by Gasteiger charge is -1.95. The summed E-state index contributed by atoms with van der Waals surface area (Å²) >= 11 is 0. The van der Waals surface area contributed by atoms with Crippen LogP contribution in [-0.2, 0) is 11.2 Å². The molecule has 1 aromatic carbocycles. The Morgan fingerprint density at radius 2 is 1.83 bits per heavy atom. The number of hydrogen-bond donors (Lipinski definition) is 1. The van der Waals surface area contributed by atoms with Crippen molar-refractivity contribution < 1.29 is 9.90 Å². The van der Waals surface area contributed by atoms with Gasteiger partial charge >= 0.3 is 5.97 Å². The number of aliphatic carboxylic acids is 1. The number of aryl methyl sites for hydroxylation is 1. The van der Waals surface area contributed by atoms with Crippen LogP contribution in [0.1, 0.15) is 12.0 Å². The Labute approximate surface area is 73.8 Å². The van der Waals surface area contributed by atoms with E-state index in [0.29, 0.717) is 6.42 Å². The molecule has 0 saturated carbocycles. The van der Waals surface area contributed by atoms with Gasteiger partial charge in [-0.25, -0.2) is 0 Å². The van der Waals surface area contributed by atoms with Gasteiger partial charge in [0.15, 0.2) is 0 Å². The Morgan fingerprint density at radius 3 is 2.33 bits per heavy atom. The van der Waals surface area contributed by atoms with E-state index < -0.39 is 5.97 Å². The van der Waals surface area contributed by atoms with Crippen molar-refractivity contribution in [3.8, 4) is 0 Å². The molecule has 12 heavy (non-hydrogen) atoms. The zero-order valence-corrected chi connectivity index (χ0v) is 6.73. The van der Waals surface area contributed by atoms with E-state index in [1.54, 1.807) is 0 Å². The first-order valence-electron chi connectivity index (χ1n) is 3.55. The van der Waals surface area contributed by atoms with Gasteiger partial charge in [-0.05, 0) is 12.0 Å². The molecular weight excluding hydrogens is 151 g/mol. The lowest BCUT2D eigenvalue weighted by Crippen LogP contribution is -1.96. The van der Waals surface area contributed by atoms with Crippen LogP contribution < -0.4 is 0 Å². The average molecular weight is 161 g/mol. The summed E-state index contributed by atoms with van der Waals surface area (Å²) in [5.41, 5.74) is 1.08. The van der Waals surface area contributed by atoms with E-state index >= 15 is 0 Å². The summed E-state index contributed by atoms with van der Waals surface area (Å²) in [4.78, 5) is 10.2. The Hall–Kier alpha value is -1.25. The van der Waals surface area contributed by atoms with Crippen LogP contribution in [-0.4, -0.2) is 19.5 Å². The van der Waals surface area contributed by atoms with Gasteiger partial charge in [-0.1, -0.05) is 30.3 Å². The summed E-state index contributed by atoms with van der Waals surface area (Å²) in [6.45, 7) is 0. The zero-order valence-electron chi connectivity index (χ0n) is 6.73. The van der Waals surface area contributed by atoms with E-state index in [0.717, 1.165) is 5.56 Å². The van der Waals surface area contributed by atoms with Gasteiger partial charge in [0.25, 0.3) is 0 Å². The van der Waals surface area contributed by atoms with Crippen LogP contribution in [0.3, 0.4) is 0 Å². The molecule has 0 amide bonds. The Kier molecular flexibility index (Phi) is 4.85. The molecule has 0 fully saturated rings. The maximum absolute atomic E-state index is 10.2. The van der Waals surface area contributed by atoms with E-state index in [1.807, 2.05) is 30.3 Å². The largest absolute Gasteiger partial charge is 0.481 e. The first-order valence-corrected chi connectivity index (χ1v) is 3.55. The molecule has 3 heteroatoms. The first-order chi connectivity index (χ1) is 5.29. The van der Waals surface area contributed by atoms with Crippen LogP contribution in [0.5, 0.6) is 0 Å². The monoisotopic (exact) mass is 161 g/mol. The SMILES string of the molecule is O=C(O)CCc1ccccc1.[B].